The minimum Gasteiger partial charge on any atom is -0.497 e. The Morgan fingerprint density at radius 1 is 0.437 bits per heavy atom. The molecule has 16 rings (SSSR count). The summed E-state index contributed by atoms with van der Waals surface area (Å²) < 4.78 is 130. The minimum absolute atomic E-state index is 0.00236. The van der Waals surface area contributed by atoms with E-state index in [9.17, 15) is 37.4 Å². The van der Waals surface area contributed by atoms with Gasteiger partial charge < -0.3 is 83.0 Å². The number of aromatic nitrogens is 16. The quantitative estimate of drug-likeness (QED) is 0.0142. The van der Waals surface area contributed by atoms with Crippen molar-refractivity contribution in [3.8, 4) is 11.8 Å². The van der Waals surface area contributed by atoms with E-state index in [0.29, 0.717) is 99.8 Å². The lowest BCUT2D eigenvalue weighted by molar-refractivity contribution is 0.0559. The molecule has 0 saturated carbocycles. The van der Waals surface area contributed by atoms with Gasteiger partial charge in [-0.2, -0.15) is 25.2 Å². The maximum atomic E-state index is 12.9. The third-order valence-corrected chi connectivity index (χ3v) is 25.9. The summed E-state index contributed by atoms with van der Waals surface area (Å²) in [4.78, 5) is 90.4. The zero-order chi connectivity index (χ0) is 83.9. The van der Waals surface area contributed by atoms with Crippen LogP contribution in [0, 0.1) is 18.3 Å². The van der Waals surface area contributed by atoms with Crippen molar-refractivity contribution in [1.82, 2.24) is 78.1 Å². The number of aromatic amines is 4. The van der Waals surface area contributed by atoms with Crippen LogP contribution in [0.3, 0.4) is 0 Å². The van der Waals surface area contributed by atoms with Gasteiger partial charge in [0.05, 0.1) is 121 Å². The van der Waals surface area contributed by atoms with Crippen molar-refractivity contribution in [3.63, 3.8) is 0 Å². The molecule has 12 heterocycles. The molecule has 0 bridgehead atoms. The summed E-state index contributed by atoms with van der Waals surface area (Å²) in [7, 11) is -11.9. The van der Waals surface area contributed by atoms with Gasteiger partial charge in [0.1, 0.15) is 31.1 Å². The highest BCUT2D eigenvalue weighted by atomic mass is 32.2. The molecule has 0 radical (unpaired) electrons. The molecule has 4 fully saturated rings. The number of methoxy groups -OCH3 is 1. The van der Waals surface area contributed by atoms with Crippen LogP contribution in [0.25, 0.3) is 44.7 Å². The molecule has 4 aliphatic rings. The van der Waals surface area contributed by atoms with E-state index in [1.165, 1.54) is 25.3 Å². The standard InChI is InChI=1S/C18H19N6O5P.C18H22N5O6P.C18H22N5O5PS.C18H22N5O5P/c19-9-12-1-3-13(4-2-12)14-5-7-28-30(26,29-14)11-27-8-6-24-10-21-15-16(24)22-18(20)23-17(15)25;1-26-13-4-2-12(3-5-13)14-6-8-28-30(25,29-14)11-27-9-7-23-10-20-15-16(23)21-18(19)22-17(15)24;1-30-13-4-2-12(3-5-13)14-6-8-27-29(25,28-14)11-26-9-7-23-10-20-15-16(23)21-18(19)22-17(15)24;1-12-2-4-13(5-3-12)14-6-8-27-29(25,28-14)11-26-9-7-23-10-20-15-16(23)21-18(19)22-17(15)24/h1-4,10,14H,5-8,11H2,(H3,20,22,23,25);2*2-5,10,14H,6-9,11H2,1H3,(H3,19,21,22,24);2-5,10,14H,6-9,11H2,1H3,(H3,19,21,22,24). The summed E-state index contributed by atoms with van der Waals surface area (Å²) in [6, 6.07) is 32.4. The normalized spacial score (nSPS) is 21.8. The van der Waals surface area contributed by atoms with Crippen LogP contribution < -0.4 is 49.9 Å². The van der Waals surface area contributed by atoms with Crippen molar-refractivity contribution in [1.29, 1.82) is 5.26 Å². The number of nitrogens with zero attached hydrogens (tertiary/aromatic N) is 13. The van der Waals surface area contributed by atoms with E-state index >= 15 is 0 Å². The third kappa shape index (κ3) is 22.4. The highest BCUT2D eigenvalue weighted by Gasteiger charge is 2.39. The zero-order valence-electron chi connectivity index (χ0n) is 64.4. The number of H-pyrrole nitrogens is 4. The number of thioether (sulfide) groups is 1. The van der Waals surface area contributed by atoms with Crippen LogP contribution in [0.5, 0.6) is 5.75 Å². The maximum Gasteiger partial charge on any atom is 0.356 e. The number of nitrogens with one attached hydrogen (secondary N) is 4. The molecular weight excluding hydrogens is 1650 g/mol. The van der Waals surface area contributed by atoms with Crippen molar-refractivity contribution >= 4 is 111 Å². The fraction of sp³-hybridized carbons (Fsp3) is 0.375. The van der Waals surface area contributed by atoms with Crippen LogP contribution in [0.15, 0.2) is 146 Å². The van der Waals surface area contributed by atoms with Crippen molar-refractivity contribution < 1.29 is 78.1 Å². The Bertz CT molecular complexity index is 5840. The number of nitrogens with two attached hydrogens (primary N) is 4. The monoisotopic (exact) mass is 1740 g/mol. The van der Waals surface area contributed by atoms with E-state index in [-0.39, 0.29) is 123 Å². The van der Waals surface area contributed by atoms with E-state index in [2.05, 4.69) is 65.9 Å². The SMILES string of the molecule is COc1ccc(C2CCOP(=O)(COCCn3cnc4c(=O)[nH]c(N)nc43)O2)cc1.CSc1ccc(C2CCOP(=O)(COCCn3cnc4c(=O)[nH]c(N)nc43)O2)cc1.Cc1ccc(C2CCOP(=O)(COCCn3cnc4c(=O)[nH]c(N)nc43)O2)cc1.N#Cc1ccc(C2CCOP(=O)(COCCn3cnc4c(=O)[nH]c(N)nc43)O2)cc1. The molecule has 119 heavy (non-hydrogen) atoms. The lowest BCUT2D eigenvalue weighted by Gasteiger charge is -2.30. The van der Waals surface area contributed by atoms with Crippen LogP contribution in [0.4, 0.5) is 23.8 Å². The van der Waals surface area contributed by atoms with Gasteiger partial charge >= 0.3 is 30.4 Å². The number of anilines is 4. The number of fused-ring (bicyclic) bond motifs is 4. The number of aryl methyl sites for hydroxylation is 1. The van der Waals surface area contributed by atoms with Crippen LogP contribution in [-0.2, 0) is 99.6 Å². The molecule has 4 aliphatic heterocycles. The summed E-state index contributed by atoms with van der Waals surface area (Å²) >= 11 is 1.66. The molecule has 8 aromatic heterocycles. The average Bonchev–Trinajstić information content (AvgIpc) is 1.66. The summed E-state index contributed by atoms with van der Waals surface area (Å²) in [6.07, 6.45) is 8.34. The molecule has 0 spiro atoms. The van der Waals surface area contributed by atoms with Gasteiger partial charge in [-0.25, -0.2) is 19.9 Å². The minimum atomic E-state index is -3.43. The third-order valence-electron chi connectivity index (χ3n) is 18.5. The number of nitriles is 1. The second-order valence-corrected chi connectivity index (χ2v) is 35.6. The fourth-order valence-corrected chi connectivity index (χ4v) is 19.2. The summed E-state index contributed by atoms with van der Waals surface area (Å²) in [5.74, 6) is 0.772. The predicted molar refractivity (Wildman–Crippen MR) is 435 cm³/mol. The molecule has 0 amide bonds. The fourth-order valence-electron chi connectivity index (χ4n) is 12.6. The van der Waals surface area contributed by atoms with Gasteiger partial charge in [-0.1, -0.05) is 66.2 Å². The van der Waals surface area contributed by atoms with Crippen LogP contribution in [0.1, 0.15) is 83.5 Å². The first-order chi connectivity index (χ1) is 57.3. The number of nitrogen functional groups attached to an aromatic ring is 4. The van der Waals surface area contributed by atoms with Crippen molar-refractivity contribution in [2.24, 2.45) is 0 Å². The van der Waals surface area contributed by atoms with Crippen molar-refractivity contribution in [3.05, 3.63) is 197 Å². The van der Waals surface area contributed by atoms with E-state index in [4.69, 9.17) is 88.1 Å². The van der Waals surface area contributed by atoms with Gasteiger partial charge in [0.25, 0.3) is 22.2 Å². The lowest BCUT2D eigenvalue weighted by atomic mass is 10.1. The Balaban J connectivity index is 0.000000137. The first kappa shape index (κ1) is 86.4. The van der Waals surface area contributed by atoms with E-state index in [0.717, 1.165) is 38.5 Å². The molecule has 42 nitrogen and oxygen atoms in total. The van der Waals surface area contributed by atoms with E-state index < -0.39 is 58.7 Å². The highest BCUT2D eigenvalue weighted by Crippen LogP contribution is 2.59. The number of benzene rings is 4. The van der Waals surface area contributed by atoms with Crippen LogP contribution in [0.2, 0.25) is 0 Å². The molecule has 8 atom stereocenters. The van der Waals surface area contributed by atoms with Gasteiger partial charge in [-0.15, -0.1) is 11.8 Å². The van der Waals surface area contributed by atoms with Gasteiger partial charge in [-0.3, -0.25) is 75.5 Å². The highest BCUT2D eigenvalue weighted by molar-refractivity contribution is 7.98. The smallest absolute Gasteiger partial charge is 0.356 e. The van der Waals surface area contributed by atoms with E-state index in [1.807, 2.05) is 86.0 Å². The Labute approximate surface area is 680 Å². The maximum absolute atomic E-state index is 12.9. The summed E-state index contributed by atoms with van der Waals surface area (Å²) in [5, 5.41) is 8.90. The zero-order valence-corrected chi connectivity index (χ0v) is 68.8. The molecule has 0 aliphatic carbocycles. The van der Waals surface area contributed by atoms with Crippen molar-refractivity contribution in [2.75, 3.05) is 115 Å². The first-order valence-corrected chi connectivity index (χ1v) is 45.1. The van der Waals surface area contributed by atoms with Crippen molar-refractivity contribution in [2.45, 2.75) is 88.1 Å². The van der Waals surface area contributed by atoms with Crippen LogP contribution in [-0.4, -0.2) is 170 Å². The second kappa shape index (κ2) is 39.2. The van der Waals surface area contributed by atoms with Gasteiger partial charge in [0.2, 0.25) is 23.8 Å². The molecule has 12 N–H and O–H groups in total. The average molecular weight is 1740 g/mol. The number of ether oxygens (including phenoxy) is 5. The Kier molecular flexibility index (Phi) is 28.4. The molecule has 12 aromatic rings. The largest absolute Gasteiger partial charge is 0.497 e. The van der Waals surface area contributed by atoms with E-state index in [1.54, 1.807) is 61.4 Å². The number of hydrogen-bond donors (Lipinski definition) is 8. The molecule has 47 heteroatoms. The molecule has 4 aromatic carbocycles. The first-order valence-electron chi connectivity index (χ1n) is 37.0. The van der Waals surface area contributed by atoms with Crippen LogP contribution >= 0.6 is 42.1 Å². The lowest BCUT2D eigenvalue weighted by Crippen LogP contribution is -2.17. The Hall–Kier alpha value is -10.4. The van der Waals surface area contributed by atoms with Gasteiger partial charge in [-0.05, 0) is 71.8 Å². The Morgan fingerprint density at radius 3 is 0.975 bits per heavy atom. The topological polar surface area (TPSA) is 570 Å². The summed E-state index contributed by atoms with van der Waals surface area (Å²) in [5.41, 5.74) is 28.3. The Morgan fingerprint density at radius 2 is 0.706 bits per heavy atom. The number of imidazole rings is 4. The molecule has 4 saturated heterocycles. The van der Waals surface area contributed by atoms with Gasteiger partial charge in [0.15, 0.2) is 44.7 Å². The number of rotatable bonds is 26. The van der Waals surface area contributed by atoms with Gasteiger partial charge in [0, 0.05) is 56.8 Å². The molecule has 8 unspecified atom stereocenters. The second-order valence-electron chi connectivity index (χ2n) is 26.9. The summed E-state index contributed by atoms with van der Waals surface area (Å²) in [6.45, 7) is 5.47. The predicted octanol–water partition coefficient (Wildman–Crippen LogP) is 9.10. The molecular formula is C72H85N21O21P4S. The molecule has 630 valence electrons. The number of hydrogen-bond acceptors (Lipinski definition) is 35.